The second kappa shape index (κ2) is 23.2. The van der Waals surface area contributed by atoms with Crippen LogP contribution in [0.1, 0.15) is 137 Å². The molecule has 0 saturated heterocycles. The van der Waals surface area contributed by atoms with Gasteiger partial charge in [0.25, 0.3) is 0 Å². The van der Waals surface area contributed by atoms with E-state index < -0.39 is 17.9 Å². The van der Waals surface area contributed by atoms with Crippen LogP contribution in [0.2, 0.25) is 0 Å². The zero-order valence-electron chi connectivity index (χ0n) is 28.4. The van der Waals surface area contributed by atoms with Crippen LogP contribution in [0.5, 0.6) is 0 Å². The van der Waals surface area contributed by atoms with Gasteiger partial charge in [0, 0.05) is 11.1 Å². The molecule has 0 amide bonds. The van der Waals surface area contributed by atoms with E-state index in [1.54, 1.807) is 50.2 Å². The third-order valence-corrected chi connectivity index (χ3v) is 8.05. The number of benzene rings is 2. The minimum Gasteiger partial charge on any atom is -0.478 e. The van der Waals surface area contributed by atoms with Gasteiger partial charge in [-0.3, -0.25) is 0 Å². The largest absolute Gasteiger partial charge is 0.478 e. The van der Waals surface area contributed by atoms with Gasteiger partial charge in [-0.2, -0.15) is 0 Å². The van der Waals surface area contributed by atoms with E-state index >= 15 is 0 Å². The van der Waals surface area contributed by atoms with Gasteiger partial charge in [-0.15, -0.1) is 0 Å². The zero-order chi connectivity index (χ0) is 34.6. The number of carboxylic acids is 1. The summed E-state index contributed by atoms with van der Waals surface area (Å²) >= 11 is 0. The summed E-state index contributed by atoms with van der Waals surface area (Å²) < 4.78 is 15.6. The predicted molar refractivity (Wildman–Crippen MR) is 190 cm³/mol. The van der Waals surface area contributed by atoms with Crippen molar-refractivity contribution in [2.75, 3.05) is 0 Å². The van der Waals surface area contributed by atoms with E-state index in [0.717, 1.165) is 42.7 Å². The monoisotopic (exact) mass is 664 g/mol. The first-order valence-electron chi connectivity index (χ1n) is 16.7. The number of ether oxygens (including phenoxy) is 3. The van der Waals surface area contributed by atoms with Gasteiger partial charge >= 0.3 is 23.9 Å². The fourth-order valence-corrected chi connectivity index (χ4v) is 5.09. The summed E-state index contributed by atoms with van der Waals surface area (Å²) in [5.74, 6) is -1.10. The van der Waals surface area contributed by atoms with Crippen molar-refractivity contribution in [2.45, 2.75) is 125 Å². The van der Waals surface area contributed by atoms with E-state index in [0.29, 0.717) is 16.7 Å². The molecule has 2 aromatic carbocycles. The molecule has 0 radical (unpaired) electrons. The Hall–Kier alpha value is -4.20. The van der Waals surface area contributed by atoms with Crippen LogP contribution in [0.15, 0.2) is 72.8 Å². The molecule has 0 aromatic heterocycles. The third kappa shape index (κ3) is 17.1. The van der Waals surface area contributed by atoms with Gasteiger partial charge in [0.05, 0.1) is 11.1 Å². The number of hydrogen-bond acceptors (Lipinski definition) is 7. The first-order valence-corrected chi connectivity index (χ1v) is 16.7. The number of carbonyl (C=O) groups excluding carboxylic acids is 3. The van der Waals surface area contributed by atoms with Crippen LogP contribution >= 0.6 is 0 Å². The lowest BCUT2D eigenvalue weighted by molar-refractivity contribution is -0.141. The number of esters is 3. The molecule has 1 N–H and O–H groups in total. The van der Waals surface area contributed by atoms with Crippen molar-refractivity contribution < 1.29 is 38.5 Å². The fraction of sp³-hybridized carbons (Fsp3) is 0.500. The Morgan fingerprint density at radius 3 is 1.40 bits per heavy atom. The van der Waals surface area contributed by atoms with Crippen LogP contribution in [0, 0.1) is 5.92 Å². The summed E-state index contributed by atoms with van der Waals surface area (Å²) in [6, 6.07) is 13.1. The number of aromatic carboxylic acids is 1. The second-order valence-corrected chi connectivity index (χ2v) is 12.5. The minimum absolute atomic E-state index is 0. The Kier molecular flexibility index (Phi) is 20.2. The number of carbonyl (C=O) groups is 4. The molecule has 264 valence electrons. The van der Waals surface area contributed by atoms with E-state index in [9.17, 15) is 19.2 Å². The lowest BCUT2D eigenvalue weighted by Gasteiger charge is -2.15. The van der Waals surface area contributed by atoms with Crippen LogP contribution in [0.3, 0.4) is 0 Å². The molecule has 4 rings (SSSR count). The van der Waals surface area contributed by atoms with E-state index in [4.69, 9.17) is 19.3 Å². The van der Waals surface area contributed by atoms with Crippen LogP contribution in [0.4, 0.5) is 0 Å². The molecule has 0 spiro atoms. The van der Waals surface area contributed by atoms with Gasteiger partial charge in [-0.05, 0) is 80.8 Å². The summed E-state index contributed by atoms with van der Waals surface area (Å²) in [4.78, 5) is 45.2. The van der Waals surface area contributed by atoms with Crippen molar-refractivity contribution in [3.05, 3.63) is 95.1 Å². The third-order valence-electron chi connectivity index (χ3n) is 8.05. The predicted octanol–water partition coefficient (Wildman–Crippen LogP) is 9.80. The Bertz CT molecular complexity index is 1290. The lowest BCUT2D eigenvalue weighted by Crippen LogP contribution is -2.17. The highest BCUT2D eigenvalue weighted by molar-refractivity contribution is 5.90. The maximum Gasteiger partial charge on any atom is 0.338 e. The first kappa shape index (κ1) is 41.8. The first-order chi connectivity index (χ1) is 22.5. The van der Waals surface area contributed by atoms with Crippen LogP contribution in [0.25, 0.3) is 0 Å². The van der Waals surface area contributed by atoms with Crippen molar-refractivity contribution in [3.63, 3.8) is 0 Å². The molecule has 8 heteroatoms. The highest BCUT2D eigenvalue weighted by Gasteiger charge is 2.18. The van der Waals surface area contributed by atoms with E-state index in [2.05, 4.69) is 20.1 Å². The summed E-state index contributed by atoms with van der Waals surface area (Å²) in [6.07, 6.45) is 15.6. The van der Waals surface area contributed by atoms with E-state index in [1.807, 2.05) is 0 Å². The van der Waals surface area contributed by atoms with Gasteiger partial charge in [-0.25, -0.2) is 19.2 Å². The molecule has 2 aliphatic rings. The average Bonchev–Trinajstić information content (AvgIpc) is 3.47. The van der Waals surface area contributed by atoms with Crippen molar-refractivity contribution in [1.29, 1.82) is 0 Å². The minimum atomic E-state index is -0.981. The summed E-state index contributed by atoms with van der Waals surface area (Å²) in [7, 11) is 0. The molecular formula is C40H56O8. The standard InChI is InChI=1S/C19H24O4.C12H12O4.C8H16.CH4/c1-14(2)18(20)22-13-15-9-11-16(12-10-15)19(21)23-17-7-5-3-4-6-8-17;1-8(2)12(15)16-7-9-3-5-10(6-4-9)11(13)14;1-8-6-4-2-3-5-7-8;/h9-12,17H,1,3-8,13H2,2H3;3-6H,1,7H2,2H3,(H,13,14);8H,2-7H2,1H3;1H4. The van der Waals surface area contributed by atoms with Gasteiger partial charge < -0.3 is 19.3 Å². The Balaban J connectivity index is 0.000000398. The molecular weight excluding hydrogens is 608 g/mol. The lowest BCUT2D eigenvalue weighted by atomic mass is 10.0. The maximum atomic E-state index is 12.2. The molecule has 2 aromatic rings. The molecule has 2 fully saturated rings. The van der Waals surface area contributed by atoms with Gasteiger partial charge in [0.1, 0.15) is 19.3 Å². The number of carboxylic acid groups (broad SMARTS) is 1. The SMILES string of the molecule is C.C=C(C)C(=O)OCc1ccc(C(=O)O)cc1.C=C(C)C(=O)OCc1ccc(C(=O)OC2CCCCCC2)cc1.CC1CCCCCC1. The van der Waals surface area contributed by atoms with Crippen molar-refractivity contribution >= 4 is 23.9 Å². The van der Waals surface area contributed by atoms with Crippen LogP contribution < -0.4 is 0 Å². The Morgan fingerprint density at radius 1 is 0.646 bits per heavy atom. The molecule has 2 aliphatic carbocycles. The topological polar surface area (TPSA) is 116 Å². The van der Waals surface area contributed by atoms with Gasteiger partial charge in [0.2, 0.25) is 0 Å². The average molecular weight is 665 g/mol. The van der Waals surface area contributed by atoms with E-state index in [-0.39, 0.29) is 38.3 Å². The highest BCUT2D eigenvalue weighted by Crippen LogP contribution is 2.22. The van der Waals surface area contributed by atoms with Gasteiger partial charge in [-0.1, -0.05) is 103 Å². The van der Waals surface area contributed by atoms with Crippen LogP contribution in [-0.2, 0) is 37.0 Å². The highest BCUT2D eigenvalue weighted by atomic mass is 16.5. The summed E-state index contributed by atoms with van der Waals surface area (Å²) in [6.45, 7) is 12.8. The molecule has 0 atom stereocenters. The van der Waals surface area contributed by atoms with E-state index in [1.165, 1.54) is 63.5 Å². The van der Waals surface area contributed by atoms with Gasteiger partial charge in [0.15, 0.2) is 0 Å². The summed E-state index contributed by atoms with van der Waals surface area (Å²) in [5, 5.41) is 8.67. The molecule has 0 bridgehead atoms. The number of hydrogen-bond donors (Lipinski definition) is 1. The summed E-state index contributed by atoms with van der Waals surface area (Å²) in [5.41, 5.74) is 3.00. The quantitative estimate of drug-likeness (QED) is 0.122. The molecule has 48 heavy (non-hydrogen) atoms. The Morgan fingerprint density at radius 2 is 1.02 bits per heavy atom. The molecule has 0 unspecified atom stereocenters. The smallest absolute Gasteiger partial charge is 0.338 e. The normalized spacial score (nSPS) is 14.8. The maximum absolute atomic E-state index is 12.2. The fourth-order valence-electron chi connectivity index (χ4n) is 5.09. The Labute approximate surface area is 287 Å². The molecule has 0 aliphatic heterocycles. The zero-order valence-corrected chi connectivity index (χ0v) is 28.4. The number of rotatable bonds is 9. The molecule has 2 saturated carbocycles. The van der Waals surface area contributed by atoms with Crippen LogP contribution in [-0.4, -0.2) is 35.1 Å². The van der Waals surface area contributed by atoms with Crippen molar-refractivity contribution in [2.24, 2.45) is 5.92 Å². The molecule has 0 heterocycles. The van der Waals surface area contributed by atoms with Crippen molar-refractivity contribution in [1.82, 2.24) is 0 Å². The molecule has 8 nitrogen and oxygen atoms in total. The van der Waals surface area contributed by atoms with Crippen molar-refractivity contribution in [3.8, 4) is 0 Å². The second-order valence-electron chi connectivity index (χ2n) is 12.5.